The van der Waals surface area contributed by atoms with Gasteiger partial charge in [-0.3, -0.25) is 0 Å². The number of nitrogens with zero attached hydrogens (tertiary/aromatic N) is 2. The lowest BCUT2D eigenvalue weighted by atomic mass is 10.1. The Morgan fingerprint density at radius 1 is 1.35 bits per heavy atom. The topological polar surface area (TPSA) is 109 Å². The van der Waals surface area contributed by atoms with Crippen molar-refractivity contribution in [1.29, 1.82) is 0 Å². The highest BCUT2D eigenvalue weighted by molar-refractivity contribution is 7.88. The van der Waals surface area contributed by atoms with Crippen molar-refractivity contribution in [1.82, 2.24) is 20.2 Å². The smallest absolute Gasteiger partial charge is 0.315 e. The fourth-order valence-corrected chi connectivity index (χ4v) is 2.78. The summed E-state index contributed by atoms with van der Waals surface area (Å²) in [5, 5.41) is 13.9. The third-order valence-corrected chi connectivity index (χ3v) is 3.39. The average molecular weight is 305 g/mol. The number of rotatable bonds is 8. The first kappa shape index (κ1) is 16.9. The standard InChI is InChI=1S/C11H23N5O3S/c1-6-12-8(2)9-14-15-10(19-9)13-7-11(3,4)16-20(5,17)18/h8,12,16H,6-7H2,1-5H3,(H,13,15). The average Bonchev–Trinajstić information content (AvgIpc) is 2.72. The second-order valence-electron chi connectivity index (χ2n) is 5.34. The van der Waals surface area contributed by atoms with Gasteiger partial charge >= 0.3 is 6.01 Å². The molecule has 0 aliphatic heterocycles. The molecule has 1 unspecified atom stereocenters. The van der Waals surface area contributed by atoms with Crippen LogP contribution in [0, 0.1) is 0 Å². The van der Waals surface area contributed by atoms with Crippen LogP contribution in [0.2, 0.25) is 0 Å². The zero-order valence-electron chi connectivity index (χ0n) is 12.5. The van der Waals surface area contributed by atoms with Gasteiger partial charge in [0.25, 0.3) is 0 Å². The van der Waals surface area contributed by atoms with Crippen molar-refractivity contribution in [2.45, 2.75) is 39.3 Å². The molecule has 3 N–H and O–H groups in total. The summed E-state index contributed by atoms with van der Waals surface area (Å²) in [7, 11) is -3.27. The summed E-state index contributed by atoms with van der Waals surface area (Å²) in [5.41, 5.74) is -0.657. The van der Waals surface area contributed by atoms with Crippen LogP contribution in [-0.4, -0.2) is 43.5 Å². The second-order valence-corrected chi connectivity index (χ2v) is 7.08. The highest BCUT2D eigenvalue weighted by Gasteiger charge is 2.23. The number of aromatic nitrogens is 2. The molecule has 0 aromatic carbocycles. The van der Waals surface area contributed by atoms with E-state index in [0.29, 0.717) is 12.4 Å². The lowest BCUT2D eigenvalue weighted by molar-refractivity contribution is 0.422. The fraction of sp³-hybridized carbons (Fsp3) is 0.818. The van der Waals surface area contributed by atoms with Gasteiger partial charge in [0, 0.05) is 12.1 Å². The molecule has 1 aromatic rings. The van der Waals surface area contributed by atoms with Crippen LogP contribution in [0.1, 0.15) is 39.6 Å². The second kappa shape index (κ2) is 6.51. The van der Waals surface area contributed by atoms with E-state index in [2.05, 4.69) is 25.6 Å². The third-order valence-electron chi connectivity index (χ3n) is 2.46. The van der Waals surface area contributed by atoms with Gasteiger partial charge < -0.3 is 15.1 Å². The summed E-state index contributed by atoms with van der Waals surface area (Å²) in [6.45, 7) is 8.58. The zero-order chi connectivity index (χ0) is 15.4. The van der Waals surface area contributed by atoms with Crippen molar-refractivity contribution >= 4 is 16.0 Å². The van der Waals surface area contributed by atoms with E-state index in [1.807, 2.05) is 13.8 Å². The SMILES string of the molecule is CCNC(C)c1nnc(NCC(C)(C)NS(C)(=O)=O)o1. The fourth-order valence-electron chi connectivity index (χ4n) is 1.71. The Bertz CT molecular complexity index is 526. The molecule has 0 amide bonds. The molecule has 0 radical (unpaired) electrons. The third kappa shape index (κ3) is 5.85. The normalized spacial score (nSPS) is 14.2. The predicted molar refractivity (Wildman–Crippen MR) is 76.9 cm³/mol. The van der Waals surface area contributed by atoms with E-state index in [1.165, 1.54) is 0 Å². The molecule has 0 saturated heterocycles. The van der Waals surface area contributed by atoms with Crippen molar-refractivity contribution in [2.75, 3.05) is 24.7 Å². The molecule has 0 aliphatic rings. The van der Waals surface area contributed by atoms with Crippen molar-refractivity contribution in [2.24, 2.45) is 0 Å². The number of anilines is 1. The highest BCUT2D eigenvalue weighted by Crippen LogP contribution is 2.14. The molecular weight excluding hydrogens is 282 g/mol. The molecule has 0 spiro atoms. The van der Waals surface area contributed by atoms with Crippen molar-refractivity contribution in [3.8, 4) is 0 Å². The molecule has 0 fully saturated rings. The van der Waals surface area contributed by atoms with Crippen LogP contribution >= 0.6 is 0 Å². The molecule has 0 aliphatic carbocycles. The first-order valence-electron chi connectivity index (χ1n) is 6.42. The van der Waals surface area contributed by atoms with Gasteiger partial charge in [-0.05, 0) is 27.3 Å². The van der Waals surface area contributed by atoms with Crippen LogP contribution in [-0.2, 0) is 10.0 Å². The molecule has 9 heteroatoms. The molecule has 20 heavy (non-hydrogen) atoms. The number of hydrogen-bond donors (Lipinski definition) is 3. The van der Waals surface area contributed by atoms with Crippen LogP contribution in [0.5, 0.6) is 0 Å². The van der Waals surface area contributed by atoms with E-state index < -0.39 is 15.6 Å². The van der Waals surface area contributed by atoms with Gasteiger partial charge in [0.2, 0.25) is 15.9 Å². The Kier molecular flexibility index (Phi) is 5.49. The number of hydrogen-bond acceptors (Lipinski definition) is 7. The van der Waals surface area contributed by atoms with Gasteiger partial charge in [-0.15, -0.1) is 5.10 Å². The zero-order valence-corrected chi connectivity index (χ0v) is 13.3. The molecule has 116 valence electrons. The monoisotopic (exact) mass is 305 g/mol. The summed E-state index contributed by atoms with van der Waals surface area (Å²) in [6, 6.07) is 0.248. The largest absolute Gasteiger partial charge is 0.406 e. The highest BCUT2D eigenvalue weighted by atomic mass is 32.2. The van der Waals surface area contributed by atoms with E-state index in [0.717, 1.165) is 12.8 Å². The van der Waals surface area contributed by atoms with Crippen LogP contribution in [0.4, 0.5) is 6.01 Å². The molecule has 8 nitrogen and oxygen atoms in total. The first-order chi connectivity index (χ1) is 9.13. The van der Waals surface area contributed by atoms with Crippen LogP contribution < -0.4 is 15.4 Å². The summed E-state index contributed by atoms with van der Waals surface area (Å²) in [4.78, 5) is 0. The van der Waals surface area contributed by atoms with Gasteiger partial charge in [0.15, 0.2) is 0 Å². The Balaban J connectivity index is 2.58. The Hall–Kier alpha value is -1.19. The van der Waals surface area contributed by atoms with Crippen molar-refractivity contribution in [3.63, 3.8) is 0 Å². The minimum absolute atomic E-state index is 0.0230. The van der Waals surface area contributed by atoms with E-state index in [1.54, 1.807) is 13.8 Å². The molecule has 1 heterocycles. The van der Waals surface area contributed by atoms with Crippen molar-refractivity contribution < 1.29 is 12.8 Å². The van der Waals surface area contributed by atoms with Gasteiger partial charge in [-0.25, -0.2) is 13.1 Å². The van der Waals surface area contributed by atoms with E-state index in [-0.39, 0.29) is 12.1 Å². The van der Waals surface area contributed by atoms with Gasteiger partial charge in [0.05, 0.1) is 12.3 Å². The molecule has 0 bridgehead atoms. The Labute approximate surface area is 119 Å². The predicted octanol–water partition coefficient (Wildman–Crippen LogP) is 0.480. The van der Waals surface area contributed by atoms with Gasteiger partial charge in [-0.1, -0.05) is 12.0 Å². The molecule has 0 saturated carbocycles. The van der Waals surface area contributed by atoms with Gasteiger partial charge in [-0.2, -0.15) is 0 Å². The van der Waals surface area contributed by atoms with Crippen LogP contribution in [0.15, 0.2) is 4.42 Å². The van der Waals surface area contributed by atoms with Gasteiger partial charge in [0.1, 0.15) is 0 Å². The maximum atomic E-state index is 11.2. The van der Waals surface area contributed by atoms with Crippen LogP contribution in [0.3, 0.4) is 0 Å². The maximum Gasteiger partial charge on any atom is 0.315 e. The minimum Gasteiger partial charge on any atom is -0.406 e. The molecule has 1 aromatic heterocycles. The van der Waals surface area contributed by atoms with E-state index in [4.69, 9.17) is 4.42 Å². The molecule has 1 atom stereocenters. The summed E-state index contributed by atoms with van der Waals surface area (Å²) in [5.74, 6) is 0.489. The molecule has 1 rings (SSSR count). The maximum absolute atomic E-state index is 11.2. The summed E-state index contributed by atoms with van der Waals surface area (Å²) in [6.07, 6.45) is 1.12. The summed E-state index contributed by atoms with van der Waals surface area (Å²) < 4.78 is 30.4. The van der Waals surface area contributed by atoms with Crippen molar-refractivity contribution in [3.05, 3.63) is 5.89 Å². The minimum atomic E-state index is -3.27. The quantitative estimate of drug-likeness (QED) is 0.641. The Morgan fingerprint density at radius 3 is 2.55 bits per heavy atom. The van der Waals surface area contributed by atoms with Crippen LogP contribution in [0.25, 0.3) is 0 Å². The number of sulfonamides is 1. The van der Waals surface area contributed by atoms with E-state index in [9.17, 15) is 8.42 Å². The summed E-state index contributed by atoms with van der Waals surface area (Å²) >= 11 is 0. The number of nitrogens with one attached hydrogen (secondary N) is 3. The molecular formula is C11H23N5O3S. The first-order valence-corrected chi connectivity index (χ1v) is 8.32. The Morgan fingerprint density at radius 2 is 2.00 bits per heavy atom. The van der Waals surface area contributed by atoms with E-state index >= 15 is 0 Å². The lowest BCUT2D eigenvalue weighted by Gasteiger charge is -2.24. The lowest BCUT2D eigenvalue weighted by Crippen LogP contribution is -2.47.